The molecule has 0 saturated heterocycles. The van der Waals surface area contributed by atoms with E-state index in [1.165, 1.54) is 6.07 Å². The molecule has 0 aliphatic heterocycles. The second-order valence-corrected chi connectivity index (χ2v) is 4.37. The van der Waals surface area contributed by atoms with Gasteiger partial charge in [-0.1, -0.05) is 0 Å². The van der Waals surface area contributed by atoms with Gasteiger partial charge in [0.2, 0.25) is 0 Å². The zero-order chi connectivity index (χ0) is 9.30. The van der Waals surface area contributed by atoms with E-state index < -0.39 is 12.9 Å². The Morgan fingerprint density at radius 2 is 1.83 bits per heavy atom. The fourth-order valence-corrected chi connectivity index (χ4v) is 1.97. The van der Waals surface area contributed by atoms with Crippen LogP contribution in [0.2, 0.25) is 0 Å². The lowest BCUT2D eigenvalue weighted by molar-refractivity contribution is 0.422. The second-order valence-electron chi connectivity index (χ2n) is 2.13. The van der Waals surface area contributed by atoms with Crippen molar-refractivity contribution in [2.24, 2.45) is 0 Å². The van der Waals surface area contributed by atoms with E-state index in [-0.39, 0.29) is 5.46 Å². The predicted octanol–water partition coefficient (Wildman–Crippen LogP) is 0.715. The van der Waals surface area contributed by atoms with Crippen molar-refractivity contribution >= 4 is 57.8 Å². The minimum atomic E-state index is -1.74. The van der Waals surface area contributed by atoms with Crippen LogP contribution in [0.15, 0.2) is 12.1 Å². The fourth-order valence-electron chi connectivity index (χ4n) is 0.779. The van der Waals surface area contributed by atoms with Crippen LogP contribution in [0.25, 0.3) is 0 Å². The first kappa shape index (κ1) is 10.7. The summed E-state index contributed by atoms with van der Waals surface area (Å²) < 4.78 is 14.3. The SMILES string of the molecule is OB(O)c1c(F)ccc(I)c1I. The lowest BCUT2D eigenvalue weighted by Gasteiger charge is -2.05. The van der Waals surface area contributed by atoms with E-state index in [0.717, 1.165) is 3.57 Å². The monoisotopic (exact) mass is 392 g/mol. The Labute approximate surface area is 96.6 Å². The molecule has 2 nitrogen and oxygen atoms in total. The highest BCUT2D eigenvalue weighted by atomic mass is 127. The summed E-state index contributed by atoms with van der Waals surface area (Å²) in [5.41, 5.74) is -0.0532. The molecule has 1 aromatic rings. The molecule has 64 valence electrons. The van der Waals surface area contributed by atoms with E-state index in [1.807, 2.05) is 45.2 Å². The highest BCUT2D eigenvalue weighted by Gasteiger charge is 2.21. The molecule has 1 aromatic carbocycles. The molecule has 0 saturated carbocycles. The predicted molar refractivity (Wildman–Crippen MR) is 61.7 cm³/mol. The van der Waals surface area contributed by atoms with E-state index >= 15 is 0 Å². The van der Waals surface area contributed by atoms with Gasteiger partial charge in [0.25, 0.3) is 0 Å². The van der Waals surface area contributed by atoms with Crippen LogP contribution in [0.5, 0.6) is 0 Å². The average Bonchev–Trinajstić information content (AvgIpc) is 1.97. The van der Waals surface area contributed by atoms with Gasteiger partial charge in [0, 0.05) is 12.6 Å². The van der Waals surface area contributed by atoms with Crippen molar-refractivity contribution in [2.45, 2.75) is 0 Å². The first-order valence-electron chi connectivity index (χ1n) is 3.03. The molecule has 12 heavy (non-hydrogen) atoms. The van der Waals surface area contributed by atoms with Gasteiger partial charge in [-0.25, -0.2) is 4.39 Å². The Bertz CT molecular complexity index is 306. The maximum Gasteiger partial charge on any atom is 0.492 e. The molecule has 0 bridgehead atoms. The molecule has 0 unspecified atom stereocenters. The van der Waals surface area contributed by atoms with Gasteiger partial charge >= 0.3 is 7.12 Å². The molecule has 0 radical (unpaired) electrons. The summed E-state index contributed by atoms with van der Waals surface area (Å²) in [6.45, 7) is 0. The van der Waals surface area contributed by atoms with Crippen molar-refractivity contribution in [2.75, 3.05) is 0 Å². The summed E-state index contributed by atoms with van der Waals surface area (Å²) in [6.07, 6.45) is 0. The van der Waals surface area contributed by atoms with Crippen LogP contribution < -0.4 is 5.46 Å². The van der Waals surface area contributed by atoms with Crippen LogP contribution in [-0.4, -0.2) is 17.2 Å². The van der Waals surface area contributed by atoms with Crippen LogP contribution >= 0.6 is 45.2 Å². The topological polar surface area (TPSA) is 40.5 Å². The summed E-state index contributed by atoms with van der Waals surface area (Å²) >= 11 is 3.88. The molecule has 0 aromatic heterocycles. The molecule has 0 fully saturated rings. The number of benzene rings is 1. The van der Waals surface area contributed by atoms with Gasteiger partial charge in [-0.2, -0.15) is 0 Å². The smallest absolute Gasteiger partial charge is 0.423 e. The van der Waals surface area contributed by atoms with Gasteiger partial charge in [-0.15, -0.1) is 0 Å². The van der Waals surface area contributed by atoms with Crippen LogP contribution in [0.1, 0.15) is 0 Å². The lowest BCUT2D eigenvalue weighted by atomic mass is 9.80. The molecule has 2 N–H and O–H groups in total. The van der Waals surface area contributed by atoms with Gasteiger partial charge < -0.3 is 10.0 Å². The highest BCUT2D eigenvalue weighted by molar-refractivity contribution is 14.1. The Balaban J connectivity index is 3.33. The normalized spacial score (nSPS) is 10.1. The van der Waals surface area contributed by atoms with Crippen molar-refractivity contribution < 1.29 is 14.4 Å². The lowest BCUT2D eigenvalue weighted by Crippen LogP contribution is -2.35. The van der Waals surface area contributed by atoms with Crippen molar-refractivity contribution in [3.8, 4) is 0 Å². The van der Waals surface area contributed by atoms with E-state index in [4.69, 9.17) is 10.0 Å². The van der Waals surface area contributed by atoms with Crippen molar-refractivity contribution in [1.82, 2.24) is 0 Å². The molecular formula is C6H4BFI2O2. The third-order valence-electron chi connectivity index (χ3n) is 1.34. The zero-order valence-electron chi connectivity index (χ0n) is 5.76. The molecule has 0 aliphatic rings. The first-order chi connectivity index (χ1) is 5.54. The van der Waals surface area contributed by atoms with E-state index in [9.17, 15) is 4.39 Å². The minimum Gasteiger partial charge on any atom is -0.423 e. The maximum absolute atomic E-state index is 13.0. The summed E-state index contributed by atoms with van der Waals surface area (Å²) in [6, 6.07) is 2.81. The first-order valence-corrected chi connectivity index (χ1v) is 5.19. The van der Waals surface area contributed by atoms with E-state index in [0.29, 0.717) is 3.57 Å². The van der Waals surface area contributed by atoms with Gasteiger partial charge in [0.05, 0.1) is 0 Å². The zero-order valence-corrected chi connectivity index (χ0v) is 10.1. The minimum absolute atomic E-state index is 0.0532. The number of rotatable bonds is 1. The molecule has 6 heteroatoms. The summed E-state index contributed by atoms with van der Waals surface area (Å²) in [7, 11) is -1.74. The van der Waals surface area contributed by atoms with Crippen molar-refractivity contribution in [1.29, 1.82) is 0 Å². The maximum atomic E-state index is 13.0. The molecule has 0 amide bonds. The molecule has 1 rings (SSSR count). The van der Waals surface area contributed by atoms with Gasteiger partial charge in [-0.3, -0.25) is 0 Å². The number of hydrogen-bond donors (Lipinski definition) is 2. The highest BCUT2D eigenvalue weighted by Crippen LogP contribution is 2.14. The number of halogens is 3. The van der Waals surface area contributed by atoms with Crippen molar-refractivity contribution in [3.05, 3.63) is 25.1 Å². The van der Waals surface area contributed by atoms with Crippen LogP contribution in [0.3, 0.4) is 0 Å². The molecule has 0 aliphatic carbocycles. The van der Waals surface area contributed by atoms with Crippen LogP contribution in [0.4, 0.5) is 4.39 Å². The summed E-state index contributed by atoms with van der Waals surface area (Å²) in [4.78, 5) is 0. The third kappa shape index (κ3) is 2.09. The summed E-state index contributed by atoms with van der Waals surface area (Å²) in [5, 5.41) is 17.6. The Hall–Kier alpha value is 0.595. The molecule has 0 heterocycles. The Kier molecular flexibility index (Phi) is 3.74. The Morgan fingerprint density at radius 1 is 1.25 bits per heavy atom. The van der Waals surface area contributed by atoms with E-state index in [2.05, 4.69) is 0 Å². The van der Waals surface area contributed by atoms with Crippen molar-refractivity contribution in [3.63, 3.8) is 0 Å². The molecule has 0 atom stereocenters. The van der Waals surface area contributed by atoms with Gasteiger partial charge in [0.15, 0.2) is 0 Å². The van der Waals surface area contributed by atoms with Crippen LogP contribution in [0, 0.1) is 13.0 Å². The summed E-state index contributed by atoms with van der Waals surface area (Å²) in [5.74, 6) is -0.588. The Morgan fingerprint density at radius 3 is 2.25 bits per heavy atom. The second kappa shape index (κ2) is 4.20. The largest absolute Gasteiger partial charge is 0.492 e. The molecule has 0 spiro atoms. The third-order valence-corrected chi connectivity index (χ3v) is 4.43. The number of hydrogen-bond acceptors (Lipinski definition) is 2. The standard InChI is InChI=1S/C6H4BFI2O2/c8-3-1-2-4(9)6(10)5(3)7(11)12/h1-2,11-12H. The van der Waals surface area contributed by atoms with Gasteiger partial charge in [0.1, 0.15) is 5.82 Å². The van der Waals surface area contributed by atoms with E-state index in [1.54, 1.807) is 6.07 Å². The van der Waals surface area contributed by atoms with Gasteiger partial charge in [-0.05, 0) is 57.3 Å². The average molecular weight is 392 g/mol. The molecular weight excluding hydrogens is 388 g/mol. The van der Waals surface area contributed by atoms with Crippen LogP contribution in [-0.2, 0) is 0 Å². The quantitative estimate of drug-likeness (QED) is 0.421. The fraction of sp³-hybridized carbons (Fsp3) is 0.